The molecular weight excluding hydrogens is 238 g/mol. The summed E-state index contributed by atoms with van der Waals surface area (Å²) in [6.45, 7) is 3.94. The molecule has 0 spiro atoms. The van der Waals surface area contributed by atoms with E-state index >= 15 is 0 Å². The van der Waals surface area contributed by atoms with Gasteiger partial charge in [0.15, 0.2) is 0 Å². The smallest absolute Gasteiger partial charge is 0.244 e. The number of hydrogen-bond acceptors (Lipinski definition) is 2. The minimum absolute atomic E-state index is 0.188. The number of ether oxygens (including phenoxy) is 1. The maximum absolute atomic E-state index is 11.7. The lowest BCUT2D eigenvalue weighted by Crippen LogP contribution is -2.36. The first-order valence-electron chi connectivity index (χ1n) is 6.15. The van der Waals surface area contributed by atoms with E-state index in [9.17, 15) is 4.79 Å². The SMILES string of the molecule is C#CC(NC(=O)/C=C/c1ccc(OC)cc1)C(C)C. The predicted octanol–water partition coefficient (Wildman–Crippen LogP) is 2.48. The fraction of sp³-hybridized carbons (Fsp3) is 0.312. The number of terminal acetylenes is 1. The van der Waals surface area contributed by atoms with Crippen LogP contribution in [0.4, 0.5) is 0 Å². The van der Waals surface area contributed by atoms with Crippen LogP contribution < -0.4 is 10.1 Å². The second kappa shape index (κ2) is 7.27. The molecule has 100 valence electrons. The summed E-state index contributed by atoms with van der Waals surface area (Å²) in [5.74, 6) is 3.37. The van der Waals surface area contributed by atoms with Crippen LogP contribution in [0, 0.1) is 18.3 Å². The molecule has 3 nitrogen and oxygen atoms in total. The summed E-state index contributed by atoms with van der Waals surface area (Å²) >= 11 is 0. The Kier molecular flexibility index (Phi) is 5.69. The molecule has 0 aromatic heterocycles. The van der Waals surface area contributed by atoms with Crippen LogP contribution in [0.3, 0.4) is 0 Å². The average molecular weight is 257 g/mol. The van der Waals surface area contributed by atoms with Gasteiger partial charge in [-0.3, -0.25) is 4.79 Å². The lowest BCUT2D eigenvalue weighted by molar-refractivity contribution is -0.117. The van der Waals surface area contributed by atoms with Crippen molar-refractivity contribution in [2.24, 2.45) is 5.92 Å². The summed E-state index contributed by atoms with van der Waals surface area (Å²) in [5, 5.41) is 2.77. The van der Waals surface area contributed by atoms with E-state index in [1.165, 1.54) is 6.08 Å². The number of hydrogen-bond donors (Lipinski definition) is 1. The quantitative estimate of drug-likeness (QED) is 0.650. The van der Waals surface area contributed by atoms with Crippen LogP contribution in [-0.4, -0.2) is 19.1 Å². The maximum Gasteiger partial charge on any atom is 0.244 e. The first-order valence-corrected chi connectivity index (χ1v) is 6.15. The van der Waals surface area contributed by atoms with Gasteiger partial charge < -0.3 is 10.1 Å². The Balaban J connectivity index is 2.60. The number of benzene rings is 1. The second-order valence-corrected chi connectivity index (χ2v) is 4.50. The van der Waals surface area contributed by atoms with Crippen LogP contribution in [0.25, 0.3) is 6.08 Å². The maximum atomic E-state index is 11.7. The highest BCUT2D eigenvalue weighted by Gasteiger charge is 2.10. The molecule has 1 rings (SSSR count). The minimum atomic E-state index is -0.243. The van der Waals surface area contributed by atoms with Crippen LogP contribution in [0.1, 0.15) is 19.4 Å². The predicted molar refractivity (Wildman–Crippen MR) is 77.6 cm³/mol. The number of carbonyl (C=O) groups is 1. The molecule has 3 heteroatoms. The summed E-state index contributed by atoms with van der Waals surface area (Å²) in [7, 11) is 1.62. The molecule has 1 atom stereocenters. The van der Waals surface area contributed by atoms with Gasteiger partial charge in [0.1, 0.15) is 5.75 Å². The highest BCUT2D eigenvalue weighted by atomic mass is 16.5. The molecule has 0 bridgehead atoms. The fourth-order valence-corrected chi connectivity index (χ4v) is 1.49. The lowest BCUT2D eigenvalue weighted by Gasteiger charge is -2.14. The zero-order valence-electron chi connectivity index (χ0n) is 11.5. The molecule has 1 amide bonds. The molecule has 0 radical (unpaired) electrons. The van der Waals surface area contributed by atoms with Gasteiger partial charge >= 0.3 is 0 Å². The Labute approximate surface area is 114 Å². The third kappa shape index (κ3) is 4.89. The average Bonchev–Trinajstić information content (AvgIpc) is 2.42. The van der Waals surface area contributed by atoms with Crippen molar-refractivity contribution < 1.29 is 9.53 Å². The van der Waals surface area contributed by atoms with Crippen molar-refractivity contribution >= 4 is 12.0 Å². The number of rotatable bonds is 5. The third-order valence-electron chi connectivity index (χ3n) is 2.69. The Morgan fingerprint density at radius 3 is 2.47 bits per heavy atom. The van der Waals surface area contributed by atoms with E-state index in [1.54, 1.807) is 13.2 Å². The van der Waals surface area contributed by atoms with Gasteiger partial charge in [0, 0.05) is 6.08 Å². The fourth-order valence-electron chi connectivity index (χ4n) is 1.49. The molecule has 0 fully saturated rings. The first kappa shape index (κ1) is 14.8. The van der Waals surface area contributed by atoms with E-state index in [-0.39, 0.29) is 17.9 Å². The Morgan fingerprint density at radius 1 is 1.37 bits per heavy atom. The monoisotopic (exact) mass is 257 g/mol. The van der Waals surface area contributed by atoms with Crippen LogP contribution in [0.5, 0.6) is 5.75 Å². The van der Waals surface area contributed by atoms with Gasteiger partial charge in [0.25, 0.3) is 0 Å². The number of amides is 1. The van der Waals surface area contributed by atoms with Crippen molar-refractivity contribution in [3.05, 3.63) is 35.9 Å². The van der Waals surface area contributed by atoms with E-state index in [0.717, 1.165) is 11.3 Å². The summed E-state index contributed by atoms with van der Waals surface area (Å²) < 4.78 is 5.06. The van der Waals surface area contributed by atoms with Crippen molar-refractivity contribution in [1.82, 2.24) is 5.32 Å². The van der Waals surface area contributed by atoms with E-state index in [0.29, 0.717) is 0 Å². The summed E-state index contributed by atoms with van der Waals surface area (Å²) in [5.41, 5.74) is 0.928. The topological polar surface area (TPSA) is 38.3 Å². The largest absolute Gasteiger partial charge is 0.497 e. The Bertz CT molecular complexity index is 480. The van der Waals surface area contributed by atoms with Crippen LogP contribution in [0.2, 0.25) is 0 Å². The van der Waals surface area contributed by atoms with Gasteiger partial charge in [0.2, 0.25) is 5.91 Å². The highest BCUT2D eigenvalue weighted by Crippen LogP contribution is 2.12. The van der Waals surface area contributed by atoms with Gasteiger partial charge in [-0.2, -0.15) is 0 Å². The molecule has 0 aliphatic heterocycles. The van der Waals surface area contributed by atoms with Crippen molar-refractivity contribution in [2.45, 2.75) is 19.9 Å². The van der Waals surface area contributed by atoms with Gasteiger partial charge in [-0.15, -0.1) is 6.42 Å². The third-order valence-corrected chi connectivity index (χ3v) is 2.69. The van der Waals surface area contributed by atoms with Crippen molar-refractivity contribution in [3.63, 3.8) is 0 Å². The molecule has 1 aromatic rings. The van der Waals surface area contributed by atoms with Crippen molar-refractivity contribution in [2.75, 3.05) is 7.11 Å². The summed E-state index contributed by atoms with van der Waals surface area (Å²) in [4.78, 5) is 11.7. The van der Waals surface area contributed by atoms with Gasteiger partial charge in [-0.05, 0) is 29.7 Å². The van der Waals surface area contributed by atoms with Gasteiger partial charge in [-0.25, -0.2) is 0 Å². The lowest BCUT2D eigenvalue weighted by atomic mass is 10.1. The molecular formula is C16H19NO2. The van der Waals surface area contributed by atoms with Crippen LogP contribution >= 0.6 is 0 Å². The van der Waals surface area contributed by atoms with E-state index in [2.05, 4.69) is 11.2 Å². The molecule has 0 saturated carbocycles. The van der Waals surface area contributed by atoms with E-state index < -0.39 is 0 Å². The standard InChI is InChI=1S/C16H19NO2/c1-5-15(12(2)3)17-16(18)11-8-13-6-9-14(19-4)10-7-13/h1,6-12,15H,2-4H3,(H,17,18)/b11-8+. The van der Waals surface area contributed by atoms with E-state index in [1.807, 2.05) is 38.1 Å². The Hall–Kier alpha value is -2.21. The summed E-state index contributed by atoms with van der Waals surface area (Å²) in [6.07, 6.45) is 8.58. The van der Waals surface area contributed by atoms with Crippen LogP contribution in [0.15, 0.2) is 30.3 Å². The Morgan fingerprint density at radius 2 is 2.00 bits per heavy atom. The highest BCUT2D eigenvalue weighted by molar-refractivity contribution is 5.92. The molecule has 19 heavy (non-hydrogen) atoms. The van der Waals surface area contributed by atoms with Crippen LogP contribution in [-0.2, 0) is 4.79 Å². The molecule has 1 N–H and O–H groups in total. The number of carbonyl (C=O) groups excluding carboxylic acids is 1. The van der Waals surface area contributed by atoms with Gasteiger partial charge in [-0.1, -0.05) is 31.9 Å². The molecule has 0 saturated heterocycles. The zero-order valence-corrected chi connectivity index (χ0v) is 11.5. The second-order valence-electron chi connectivity index (χ2n) is 4.50. The molecule has 1 unspecified atom stereocenters. The molecule has 1 aromatic carbocycles. The van der Waals surface area contributed by atoms with Crippen molar-refractivity contribution in [1.29, 1.82) is 0 Å². The number of methoxy groups -OCH3 is 1. The van der Waals surface area contributed by atoms with Gasteiger partial charge in [0.05, 0.1) is 13.2 Å². The van der Waals surface area contributed by atoms with E-state index in [4.69, 9.17) is 11.2 Å². The van der Waals surface area contributed by atoms with Crippen molar-refractivity contribution in [3.8, 4) is 18.1 Å². The molecule has 0 heterocycles. The number of nitrogens with one attached hydrogen (secondary N) is 1. The molecule has 0 aliphatic rings. The summed E-state index contributed by atoms with van der Waals surface area (Å²) in [6, 6.07) is 7.20. The first-order chi connectivity index (χ1) is 9.06. The zero-order chi connectivity index (χ0) is 14.3. The molecule has 0 aliphatic carbocycles. The normalized spacial score (nSPS) is 12.2. The minimum Gasteiger partial charge on any atom is -0.497 e.